The molecule has 1 aliphatic heterocycles. The number of H-pyrrole nitrogens is 1. The fourth-order valence-electron chi connectivity index (χ4n) is 1.84. The predicted molar refractivity (Wildman–Crippen MR) is 51.6 cm³/mol. The monoisotopic (exact) mass is 180 g/mol. The number of ether oxygens (including phenoxy) is 1. The summed E-state index contributed by atoms with van der Waals surface area (Å²) in [5.41, 5.74) is 7.21. The minimum absolute atomic E-state index is 0.00694. The molecule has 1 aliphatic rings. The number of hydrogen-bond donors (Lipinski definition) is 2. The van der Waals surface area contributed by atoms with E-state index in [1.54, 1.807) is 0 Å². The zero-order valence-corrected chi connectivity index (χ0v) is 8.13. The predicted octanol–water partition coefficient (Wildman–Crippen LogP) is 1.02. The smallest absolute Gasteiger partial charge is 0.0609 e. The lowest BCUT2D eigenvalue weighted by Crippen LogP contribution is -2.64. The van der Waals surface area contributed by atoms with E-state index in [1.807, 2.05) is 12.4 Å². The number of aromatic nitrogens is 1. The van der Waals surface area contributed by atoms with Crippen molar-refractivity contribution < 1.29 is 4.74 Å². The maximum atomic E-state index is 6.17. The molecule has 72 valence electrons. The highest BCUT2D eigenvalue weighted by molar-refractivity contribution is 5.30. The van der Waals surface area contributed by atoms with Crippen LogP contribution in [0.25, 0.3) is 0 Å². The van der Waals surface area contributed by atoms with Crippen molar-refractivity contribution in [2.45, 2.75) is 24.8 Å². The number of nitrogens with one attached hydrogen (secondary N) is 1. The molecule has 1 saturated heterocycles. The molecule has 0 unspecified atom stereocenters. The van der Waals surface area contributed by atoms with E-state index >= 15 is 0 Å². The van der Waals surface area contributed by atoms with E-state index in [9.17, 15) is 0 Å². The summed E-state index contributed by atoms with van der Waals surface area (Å²) in [5, 5.41) is 0. The van der Waals surface area contributed by atoms with Crippen molar-refractivity contribution in [1.82, 2.24) is 4.98 Å². The first-order chi connectivity index (χ1) is 6.06. The van der Waals surface area contributed by atoms with Crippen LogP contribution in [0.15, 0.2) is 18.5 Å². The zero-order chi connectivity index (χ0) is 9.53. The number of aromatic amines is 1. The number of rotatable bonds is 2. The summed E-state index contributed by atoms with van der Waals surface area (Å²) in [4.78, 5) is 3.06. The Bertz CT molecular complexity index is 280. The van der Waals surface area contributed by atoms with Crippen LogP contribution in [0.1, 0.15) is 19.4 Å². The van der Waals surface area contributed by atoms with Crippen LogP contribution in [0.4, 0.5) is 0 Å². The van der Waals surface area contributed by atoms with Gasteiger partial charge in [-0.05, 0) is 25.5 Å². The molecule has 0 spiro atoms. The van der Waals surface area contributed by atoms with E-state index in [0.717, 1.165) is 13.2 Å². The maximum Gasteiger partial charge on any atom is 0.0609 e. The van der Waals surface area contributed by atoms with Gasteiger partial charge in [0.1, 0.15) is 0 Å². The van der Waals surface area contributed by atoms with Gasteiger partial charge in [0.25, 0.3) is 0 Å². The van der Waals surface area contributed by atoms with Gasteiger partial charge in [-0.3, -0.25) is 0 Å². The second-order valence-corrected chi connectivity index (χ2v) is 4.40. The van der Waals surface area contributed by atoms with Gasteiger partial charge in [0, 0.05) is 17.9 Å². The van der Waals surface area contributed by atoms with Crippen LogP contribution in [0.5, 0.6) is 0 Å². The molecule has 0 aliphatic carbocycles. The molecule has 0 atom stereocenters. The quantitative estimate of drug-likeness (QED) is 0.714. The first kappa shape index (κ1) is 8.78. The lowest BCUT2D eigenvalue weighted by molar-refractivity contribution is -0.0918. The third-order valence-corrected chi connectivity index (χ3v) is 3.08. The standard InChI is InChI=1S/C10H16N2O/c1-9(2,11)10(6-13-7-10)8-3-4-12-5-8/h3-5,12H,6-7,11H2,1-2H3. The molecule has 3 nitrogen and oxygen atoms in total. The number of hydrogen-bond acceptors (Lipinski definition) is 2. The second-order valence-electron chi connectivity index (χ2n) is 4.40. The highest BCUT2D eigenvalue weighted by atomic mass is 16.5. The number of nitrogens with two attached hydrogens (primary N) is 1. The lowest BCUT2D eigenvalue weighted by Gasteiger charge is -2.50. The maximum absolute atomic E-state index is 6.17. The van der Waals surface area contributed by atoms with Gasteiger partial charge in [-0.15, -0.1) is 0 Å². The zero-order valence-electron chi connectivity index (χ0n) is 8.13. The Morgan fingerprint density at radius 3 is 2.54 bits per heavy atom. The van der Waals surface area contributed by atoms with Crippen molar-refractivity contribution in [3.05, 3.63) is 24.0 Å². The molecule has 0 saturated carbocycles. The second kappa shape index (κ2) is 2.59. The average Bonchev–Trinajstić information content (AvgIpc) is 2.32. The van der Waals surface area contributed by atoms with E-state index in [4.69, 9.17) is 10.5 Å². The molecule has 1 aromatic rings. The van der Waals surface area contributed by atoms with Gasteiger partial charge in [0.15, 0.2) is 0 Å². The highest BCUT2D eigenvalue weighted by Gasteiger charge is 2.50. The van der Waals surface area contributed by atoms with Crippen molar-refractivity contribution in [3.63, 3.8) is 0 Å². The molecular weight excluding hydrogens is 164 g/mol. The Kier molecular flexibility index (Phi) is 1.75. The minimum Gasteiger partial charge on any atom is -0.379 e. The molecule has 0 aromatic carbocycles. The SMILES string of the molecule is CC(C)(N)C1(c2cc[nH]c2)COC1. The van der Waals surface area contributed by atoms with Crippen molar-refractivity contribution in [2.24, 2.45) is 5.73 Å². The summed E-state index contributed by atoms with van der Waals surface area (Å²) in [7, 11) is 0. The van der Waals surface area contributed by atoms with Gasteiger partial charge in [0.05, 0.1) is 18.6 Å². The molecule has 3 N–H and O–H groups in total. The molecule has 2 rings (SSSR count). The van der Waals surface area contributed by atoms with Crippen molar-refractivity contribution in [2.75, 3.05) is 13.2 Å². The first-order valence-electron chi connectivity index (χ1n) is 4.56. The van der Waals surface area contributed by atoms with Gasteiger partial charge >= 0.3 is 0 Å². The van der Waals surface area contributed by atoms with Gasteiger partial charge < -0.3 is 15.5 Å². The van der Waals surface area contributed by atoms with Gasteiger partial charge in [-0.2, -0.15) is 0 Å². The third-order valence-electron chi connectivity index (χ3n) is 3.08. The van der Waals surface area contributed by atoms with Crippen molar-refractivity contribution >= 4 is 0 Å². The Labute approximate surface area is 78.3 Å². The molecule has 2 heterocycles. The first-order valence-corrected chi connectivity index (χ1v) is 4.56. The van der Waals surface area contributed by atoms with E-state index in [1.165, 1.54) is 5.56 Å². The van der Waals surface area contributed by atoms with Crippen LogP contribution < -0.4 is 5.73 Å². The lowest BCUT2D eigenvalue weighted by atomic mass is 9.66. The van der Waals surface area contributed by atoms with Gasteiger partial charge in [-0.25, -0.2) is 0 Å². The summed E-state index contributed by atoms with van der Waals surface area (Å²) < 4.78 is 5.29. The van der Waals surface area contributed by atoms with Crippen molar-refractivity contribution in [3.8, 4) is 0 Å². The normalized spacial score (nSPS) is 21.2. The summed E-state index contributed by atoms with van der Waals surface area (Å²) in [6.07, 6.45) is 3.94. The molecule has 3 heteroatoms. The Balaban J connectivity index is 2.37. The molecule has 1 aromatic heterocycles. The molecule has 0 radical (unpaired) electrons. The van der Waals surface area contributed by atoms with Gasteiger partial charge in [-0.1, -0.05) is 0 Å². The minimum atomic E-state index is -0.229. The van der Waals surface area contributed by atoms with Crippen LogP contribution in [-0.4, -0.2) is 23.7 Å². The highest BCUT2D eigenvalue weighted by Crippen LogP contribution is 2.40. The summed E-state index contributed by atoms with van der Waals surface area (Å²) in [6, 6.07) is 2.08. The average molecular weight is 180 g/mol. The molecule has 0 amide bonds. The topological polar surface area (TPSA) is 51.0 Å². The summed E-state index contributed by atoms with van der Waals surface area (Å²) in [5.74, 6) is 0. The fourth-order valence-corrected chi connectivity index (χ4v) is 1.84. The van der Waals surface area contributed by atoms with Crippen molar-refractivity contribution in [1.29, 1.82) is 0 Å². The molecule has 0 bridgehead atoms. The van der Waals surface area contributed by atoms with E-state index in [2.05, 4.69) is 24.9 Å². The summed E-state index contributed by atoms with van der Waals surface area (Å²) >= 11 is 0. The van der Waals surface area contributed by atoms with Gasteiger partial charge in [0.2, 0.25) is 0 Å². The summed E-state index contributed by atoms with van der Waals surface area (Å²) in [6.45, 7) is 5.58. The molecular formula is C10H16N2O. The van der Waals surface area contributed by atoms with E-state index < -0.39 is 0 Å². The van der Waals surface area contributed by atoms with Crippen LogP contribution in [-0.2, 0) is 10.2 Å². The van der Waals surface area contributed by atoms with Crippen LogP contribution in [0, 0.1) is 0 Å². The van der Waals surface area contributed by atoms with E-state index in [-0.39, 0.29) is 11.0 Å². The Morgan fingerprint density at radius 2 is 2.23 bits per heavy atom. The molecule has 1 fully saturated rings. The Morgan fingerprint density at radius 1 is 1.54 bits per heavy atom. The van der Waals surface area contributed by atoms with E-state index in [0.29, 0.717) is 0 Å². The third kappa shape index (κ3) is 1.11. The van der Waals surface area contributed by atoms with Crippen LogP contribution in [0.3, 0.4) is 0 Å². The fraction of sp³-hybridized carbons (Fsp3) is 0.600. The Hall–Kier alpha value is -0.800. The van der Waals surface area contributed by atoms with Crippen LogP contribution in [0.2, 0.25) is 0 Å². The largest absolute Gasteiger partial charge is 0.379 e. The molecule has 13 heavy (non-hydrogen) atoms. The van der Waals surface area contributed by atoms with Crippen LogP contribution >= 0.6 is 0 Å².